The Morgan fingerprint density at radius 1 is 1.29 bits per heavy atom. The van der Waals surface area contributed by atoms with E-state index < -0.39 is 18.0 Å². The number of rotatable bonds is 9. The zero-order valence-electron chi connectivity index (χ0n) is 12.2. The molecule has 6 nitrogen and oxygen atoms in total. The average Bonchev–Trinajstić information content (AvgIpc) is 2.47. The summed E-state index contributed by atoms with van der Waals surface area (Å²) in [6, 6.07) is 8.12. The molecule has 1 atom stereocenters. The molecule has 0 radical (unpaired) electrons. The van der Waals surface area contributed by atoms with Gasteiger partial charge in [-0.1, -0.05) is 31.5 Å². The summed E-state index contributed by atoms with van der Waals surface area (Å²) in [5.74, 6) is -0.227. The number of ether oxygens (including phenoxy) is 1. The van der Waals surface area contributed by atoms with Crippen molar-refractivity contribution in [2.75, 3.05) is 13.2 Å². The van der Waals surface area contributed by atoms with Gasteiger partial charge in [0.25, 0.3) is 0 Å². The van der Waals surface area contributed by atoms with Crippen molar-refractivity contribution in [3.63, 3.8) is 0 Å². The van der Waals surface area contributed by atoms with E-state index in [1.54, 1.807) is 0 Å². The second-order valence-corrected chi connectivity index (χ2v) is 4.59. The molecule has 0 aliphatic carbocycles. The van der Waals surface area contributed by atoms with Gasteiger partial charge in [-0.2, -0.15) is 0 Å². The zero-order chi connectivity index (χ0) is 15.5. The van der Waals surface area contributed by atoms with Crippen molar-refractivity contribution in [2.45, 2.75) is 32.2 Å². The highest BCUT2D eigenvalue weighted by atomic mass is 16.5. The molecule has 3 N–H and O–H groups in total. The van der Waals surface area contributed by atoms with Gasteiger partial charge in [0.15, 0.2) is 0 Å². The smallest absolute Gasteiger partial charge is 0.326 e. The average molecular weight is 294 g/mol. The largest absolute Gasteiger partial charge is 0.494 e. The third-order valence-corrected chi connectivity index (χ3v) is 2.80. The summed E-state index contributed by atoms with van der Waals surface area (Å²) in [5.41, 5.74) is 0. The Bertz CT molecular complexity index is 437. The summed E-state index contributed by atoms with van der Waals surface area (Å²) in [6.45, 7) is 2.79. The van der Waals surface area contributed by atoms with Crippen molar-refractivity contribution < 1.29 is 19.4 Å². The topological polar surface area (TPSA) is 87.7 Å². The number of carboxylic acids is 1. The minimum absolute atomic E-state index is 0.417. The summed E-state index contributed by atoms with van der Waals surface area (Å²) < 4.78 is 5.48. The predicted octanol–water partition coefficient (Wildman–Crippen LogP) is 2.01. The van der Waals surface area contributed by atoms with E-state index in [0.717, 1.165) is 5.75 Å². The molecular formula is C15H22N2O4. The lowest BCUT2D eigenvalue weighted by molar-refractivity contribution is -0.139. The summed E-state index contributed by atoms with van der Waals surface area (Å²) in [7, 11) is 0. The van der Waals surface area contributed by atoms with Crippen LogP contribution in [0.2, 0.25) is 0 Å². The molecule has 21 heavy (non-hydrogen) atoms. The molecule has 2 amide bonds. The highest BCUT2D eigenvalue weighted by Crippen LogP contribution is 2.07. The maximum Gasteiger partial charge on any atom is 0.326 e. The molecule has 0 saturated carbocycles. The van der Waals surface area contributed by atoms with Crippen LogP contribution >= 0.6 is 0 Å². The third kappa shape index (κ3) is 7.20. The SMILES string of the molecule is CCC[C@@H](NC(=O)NCCCOc1ccccc1)C(=O)O. The Morgan fingerprint density at radius 3 is 2.62 bits per heavy atom. The van der Waals surface area contributed by atoms with E-state index in [2.05, 4.69) is 10.6 Å². The van der Waals surface area contributed by atoms with Crippen molar-refractivity contribution >= 4 is 12.0 Å². The van der Waals surface area contributed by atoms with Gasteiger partial charge < -0.3 is 20.5 Å². The molecule has 0 unspecified atom stereocenters. The van der Waals surface area contributed by atoms with Crippen LogP contribution in [0.3, 0.4) is 0 Å². The molecule has 0 heterocycles. The van der Waals surface area contributed by atoms with Gasteiger partial charge in [0, 0.05) is 6.54 Å². The second kappa shape index (κ2) is 9.63. The van der Waals surface area contributed by atoms with E-state index in [1.165, 1.54) is 0 Å². The fraction of sp³-hybridized carbons (Fsp3) is 0.467. The molecule has 6 heteroatoms. The fourth-order valence-corrected chi connectivity index (χ4v) is 1.74. The van der Waals surface area contributed by atoms with Gasteiger partial charge in [0.1, 0.15) is 11.8 Å². The first-order chi connectivity index (χ1) is 10.1. The first kappa shape index (κ1) is 16.8. The van der Waals surface area contributed by atoms with Crippen molar-refractivity contribution in [3.8, 4) is 5.75 Å². The number of urea groups is 1. The van der Waals surface area contributed by atoms with Crippen LogP contribution in [-0.2, 0) is 4.79 Å². The number of benzene rings is 1. The van der Waals surface area contributed by atoms with Gasteiger partial charge in [0.05, 0.1) is 6.61 Å². The summed E-state index contributed by atoms with van der Waals surface area (Å²) in [6.07, 6.45) is 1.76. The molecular weight excluding hydrogens is 272 g/mol. The van der Waals surface area contributed by atoms with Crippen LogP contribution in [0.25, 0.3) is 0 Å². The van der Waals surface area contributed by atoms with Crippen LogP contribution < -0.4 is 15.4 Å². The van der Waals surface area contributed by atoms with E-state index in [4.69, 9.17) is 9.84 Å². The summed E-state index contributed by atoms with van der Waals surface area (Å²) in [4.78, 5) is 22.4. The van der Waals surface area contributed by atoms with Crippen molar-refractivity contribution in [3.05, 3.63) is 30.3 Å². The second-order valence-electron chi connectivity index (χ2n) is 4.59. The number of nitrogens with one attached hydrogen (secondary N) is 2. The van der Waals surface area contributed by atoms with E-state index in [9.17, 15) is 9.59 Å². The van der Waals surface area contributed by atoms with Crippen LogP contribution in [0, 0.1) is 0 Å². The van der Waals surface area contributed by atoms with Gasteiger partial charge in [-0.05, 0) is 25.0 Å². The minimum atomic E-state index is -1.01. The van der Waals surface area contributed by atoms with Gasteiger partial charge in [-0.3, -0.25) is 0 Å². The first-order valence-corrected chi connectivity index (χ1v) is 7.08. The molecule has 116 valence electrons. The molecule has 1 aromatic carbocycles. The highest BCUT2D eigenvalue weighted by molar-refractivity contribution is 5.82. The van der Waals surface area contributed by atoms with Crippen LogP contribution in [0.5, 0.6) is 5.75 Å². The van der Waals surface area contributed by atoms with Crippen LogP contribution in [0.15, 0.2) is 30.3 Å². The van der Waals surface area contributed by atoms with Crippen molar-refractivity contribution in [1.29, 1.82) is 0 Å². The van der Waals surface area contributed by atoms with E-state index in [-0.39, 0.29) is 0 Å². The number of carboxylic acid groups (broad SMARTS) is 1. The quantitative estimate of drug-likeness (QED) is 0.608. The number of carbonyl (C=O) groups is 2. The number of para-hydroxylation sites is 1. The molecule has 0 aliphatic rings. The van der Waals surface area contributed by atoms with Gasteiger partial charge in [0.2, 0.25) is 0 Å². The molecule has 1 aromatic rings. The summed E-state index contributed by atoms with van der Waals surface area (Å²) in [5, 5.41) is 14.0. The van der Waals surface area contributed by atoms with Crippen molar-refractivity contribution in [1.82, 2.24) is 10.6 Å². The van der Waals surface area contributed by atoms with E-state index >= 15 is 0 Å². The minimum Gasteiger partial charge on any atom is -0.494 e. The standard InChI is InChI=1S/C15H22N2O4/c1-2-7-13(14(18)19)17-15(20)16-10-6-11-21-12-8-4-3-5-9-12/h3-5,8-9,13H,2,6-7,10-11H2,1H3,(H,18,19)(H2,16,17,20)/t13-/m1/s1. The lowest BCUT2D eigenvalue weighted by Crippen LogP contribution is -2.46. The molecule has 0 fully saturated rings. The number of amides is 2. The Labute approximate surface area is 124 Å². The fourth-order valence-electron chi connectivity index (χ4n) is 1.74. The van der Waals surface area contributed by atoms with Crippen molar-refractivity contribution in [2.24, 2.45) is 0 Å². The molecule has 0 bridgehead atoms. The monoisotopic (exact) mass is 294 g/mol. The Hall–Kier alpha value is -2.24. The molecule has 0 aliphatic heterocycles. The Balaban J connectivity index is 2.14. The predicted molar refractivity (Wildman–Crippen MR) is 79.4 cm³/mol. The lowest BCUT2D eigenvalue weighted by atomic mass is 10.2. The third-order valence-electron chi connectivity index (χ3n) is 2.80. The normalized spacial score (nSPS) is 11.5. The number of carbonyl (C=O) groups excluding carboxylic acids is 1. The zero-order valence-corrected chi connectivity index (χ0v) is 12.2. The number of hydrogen-bond acceptors (Lipinski definition) is 3. The van der Waals surface area contributed by atoms with Crippen LogP contribution in [-0.4, -0.2) is 36.3 Å². The van der Waals surface area contributed by atoms with Gasteiger partial charge >= 0.3 is 12.0 Å². The lowest BCUT2D eigenvalue weighted by Gasteiger charge is -2.14. The highest BCUT2D eigenvalue weighted by Gasteiger charge is 2.18. The molecule has 0 saturated heterocycles. The Kier molecular flexibility index (Phi) is 7.71. The maximum atomic E-state index is 11.5. The Morgan fingerprint density at radius 2 is 2.00 bits per heavy atom. The number of hydrogen-bond donors (Lipinski definition) is 3. The number of aliphatic carboxylic acids is 1. The van der Waals surface area contributed by atoms with Gasteiger partial charge in [-0.15, -0.1) is 0 Å². The van der Waals surface area contributed by atoms with Crippen LogP contribution in [0.4, 0.5) is 4.79 Å². The summed E-state index contributed by atoms with van der Waals surface area (Å²) >= 11 is 0. The molecule has 1 rings (SSSR count). The van der Waals surface area contributed by atoms with E-state index in [1.807, 2.05) is 37.3 Å². The van der Waals surface area contributed by atoms with E-state index in [0.29, 0.717) is 32.4 Å². The maximum absolute atomic E-state index is 11.5. The first-order valence-electron chi connectivity index (χ1n) is 7.08. The molecule has 0 spiro atoms. The van der Waals surface area contributed by atoms with Gasteiger partial charge in [-0.25, -0.2) is 9.59 Å². The van der Waals surface area contributed by atoms with Crippen LogP contribution in [0.1, 0.15) is 26.2 Å². The molecule has 0 aromatic heterocycles.